The quantitative estimate of drug-likeness (QED) is 0.513. The first-order valence-electron chi connectivity index (χ1n) is 9.84. The van der Waals surface area contributed by atoms with Crippen LogP contribution >= 0.6 is 11.6 Å². The molecule has 2 fully saturated rings. The van der Waals surface area contributed by atoms with Crippen LogP contribution in [0.5, 0.6) is 0 Å². The average molecular weight is 462 g/mol. The van der Waals surface area contributed by atoms with Crippen molar-refractivity contribution in [1.29, 1.82) is 21.2 Å². The summed E-state index contributed by atoms with van der Waals surface area (Å²) in [5, 5.41) is 50.8. The number of nitro groups is 1. The molecule has 33 heavy (non-hydrogen) atoms. The first kappa shape index (κ1) is 22.2. The van der Waals surface area contributed by atoms with Gasteiger partial charge in [-0.2, -0.15) is 15.8 Å². The number of nitrogens with one attached hydrogen (secondary N) is 1. The van der Waals surface area contributed by atoms with E-state index in [1.807, 2.05) is 25.1 Å². The lowest BCUT2D eigenvalue weighted by Gasteiger charge is -2.48. The van der Waals surface area contributed by atoms with Gasteiger partial charge in [-0.05, 0) is 13.0 Å². The van der Waals surface area contributed by atoms with Crippen molar-refractivity contribution in [3.05, 3.63) is 74.3 Å². The van der Waals surface area contributed by atoms with Crippen LogP contribution in [0.4, 0.5) is 5.69 Å². The lowest BCUT2D eigenvalue weighted by molar-refractivity contribution is -0.385. The zero-order chi connectivity index (χ0) is 24.2. The number of non-ortho nitro benzene ring substituents is 1. The van der Waals surface area contributed by atoms with E-state index < -0.39 is 39.5 Å². The zero-order valence-corrected chi connectivity index (χ0v) is 18.3. The number of hydrogen-bond donors (Lipinski definition) is 1. The van der Waals surface area contributed by atoms with Gasteiger partial charge in [-0.25, -0.2) is 0 Å². The molecule has 10 heteroatoms. The third-order valence-corrected chi connectivity index (χ3v) is 6.94. The molecule has 2 saturated heterocycles. The van der Waals surface area contributed by atoms with Crippen molar-refractivity contribution in [3.8, 4) is 18.2 Å². The number of benzene rings is 2. The topological polar surface area (TPSA) is 157 Å². The number of rotatable bonds is 3. The highest BCUT2D eigenvalue weighted by atomic mass is 35.5. The Bertz CT molecular complexity index is 1310. The number of halogens is 1. The van der Waals surface area contributed by atoms with Gasteiger partial charge >= 0.3 is 0 Å². The van der Waals surface area contributed by atoms with E-state index in [0.717, 1.165) is 11.6 Å². The Morgan fingerprint density at radius 3 is 2.30 bits per heavy atom. The van der Waals surface area contributed by atoms with Crippen molar-refractivity contribution in [2.45, 2.75) is 25.7 Å². The lowest BCUT2D eigenvalue weighted by atomic mass is 9.53. The molecule has 0 spiro atoms. The second-order valence-corrected chi connectivity index (χ2v) is 8.51. The summed E-state index contributed by atoms with van der Waals surface area (Å²) in [5.74, 6) is -3.22. The summed E-state index contributed by atoms with van der Waals surface area (Å²) in [7, 11) is 0. The van der Waals surface area contributed by atoms with Crippen LogP contribution in [-0.4, -0.2) is 10.8 Å². The first-order chi connectivity index (χ1) is 15.6. The summed E-state index contributed by atoms with van der Waals surface area (Å²) >= 11 is 6.37. The minimum Gasteiger partial charge on any atom is -0.443 e. The van der Waals surface area contributed by atoms with Gasteiger partial charge in [-0.1, -0.05) is 48.4 Å². The van der Waals surface area contributed by atoms with Crippen molar-refractivity contribution in [3.63, 3.8) is 0 Å². The van der Waals surface area contributed by atoms with Gasteiger partial charge in [0.05, 0.1) is 29.0 Å². The molecule has 0 amide bonds. The Morgan fingerprint density at radius 2 is 1.76 bits per heavy atom. The number of nitriles is 3. The highest BCUT2D eigenvalue weighted by molar-refractivity contribution is 6.31. The van der Waals surface area contributed by atoms with Crippen LogP contribution in [0.2, 0.25) is 5.02 Å². The highest BCUT2D eigenvalue weighted by Gasteiger charge is 2.79. The molecular weight excluding hydrogens is 446 g/mol. The second-order valence-electron chi connectivity index (χ2n) is 8.10. The molecule has 0 aromatic heterocycles. The average Bonchev–Trinajstić information content (AvgIpc) is 2.96. The molecule has 2 aromatic rings. The van der Waals surface area contributed by atoms with Gasteiger partial charge < -0.3 is 9.47 Å². The van der Waals surface area contributed by atoms with Crippen molar-refractivity contribution >= 4 is 23.2 Å². The molecule has 0 saturated carbocycles. The van der Waals surface area contributed by atoms with Gasteiger partial charge in [0, 0.05) is 28.3 Å². The summed E-state index contributed by atoms with van der Waals surface area (Å²) in [4.78, 5) is 10.8. The molecule has 0 aliphatic carbocycles. The molecule has 9 nitrogen and oxygen atoms in total. The van der Waals surface area contributed by atoms with Crippen LogP contribution in [-0.2, 0) is 15.3 Å². The Hall–Kier alpha value is -3.97. The monoisotopic (exact) mass is 461 g/mol. The third kappa shape index (κ3) is 2.63. The van der Waals surface area contributed by atoms with Gasteiger partial charge in [0.15, 0.2) is 5.41 Å². The van der Waals surface area contributed by atoms with E-state index >= 15 is 0 Å². The van der Waals surface area contributed by atoms with Gasteiger partial charge in [-0.3, -0.25) is 15.5 Å². The summed E-state index contributed by atoms with van der Waals surface area (Å²) < 4.78 is 12.2. The standard InChI is InChI=1S/C23H16ClN5O4/c1-13-3-5-15(6-4-13)23-14(2)22(12-27,20(28)33-23)21(10-25,11-26)19(32-23)17-9-16(29(30)31)7-8-18(17)24/h3-9,14,19,28H,1-2H3. The molecule has 4 rings (SSSR count). The van der Waals surface area contributed by atoms with Crippen molar-refractivity contribution in [2.75, 3.05) is 0 Å². The van der Waals surface area contributed by atoms with E-state index in [4.69, 9.17) is 26.5 Å². The van der Waals surface area contributed by atoms with Crippen LogP contribution in [0, 0.1) is 73.2 Å². The Kier molecular flexibility index (Phi) is 4.91. The molecule has 2 aromatic carbocycles. The molecule has 164 valence electrons. The number of hydrogen-bond acceptors (Lipinski definition) is 8. The predicted octanol–water partition coefficient (Wildman–Crippen LogP) is 4.67. The maximum absolute atomic E-state index is 11.4. The minimum atomic E-state index is -2.28. The molecule has 4 atom stereocenters. The summed E-state index contributed by atoms with van der Waals surface area (Å²) in [6.45, 7) is 3.46. The van der Waals surface area contributed by atoms with Crippen LogP contribution < -0.4 is 0 Å². The van der Waals surface area contributed by atoms with Gasteiger partial charge in [0.1, 0.15) is 6.10 Å². The molecule has 2 bridgehead atoms. The molecule has 4 unspecified atom stereocenters. The van der Waals surface area contributed by atoms with Crippen LogP contribution in [0.25, 0.3) is 0 Å². The highest BCUT2D eigenvalue weighted by Crippen LogP contribution is 2.69. The van der Waals surface area contributed by atoms with E-state index in [2.05, 4.69) is 0 Å². The smallest absolute Gasteiger partial charge is 0.269 e. The van der Waals surface area contributed by atoms with Gasteiger partial charge in [0.2, 0.25) is 17.1 Å². The maximum atomic E-state index is 11.4. The van der Waals surface area contributed by atoms with Crippen molar-refractivity contribution in [2.24, 2.45) is 16.7 Å². The van der Waals surface area contributed by atoms with Crippen molar-refractivity contribution < 1.29 is 14.4 Å². The van der Waals surface area contributed by atoms with E-state index in [1.165, 1.54) is 12.1 Å². The maximum Gasteiger partial charge on any atom is 0.269 e. The predicted molar refractivity (Wildman–Crippen MR) is 114 cm³/mol. The van der Waals surface area contributed by atoms with E-state index in [1.54, 1.807) is 31.2 Å². The molecule has 2 aliphatic heterocycles. The normalized spacial score (nSPS) is 29.3. The lowest BCUT2D eigenvalue weighted by Crippen LogP contribution is -2.57. The number of aryl methyl sites for hydroxylation is 1. The fourth-order valence-corrected chi connectivity index (χ4v) is 5.00. The van der Waals surface area contributed by atoms with E-state index in [0.29, 0.717) is 5.56 Å². The van der Waals surface area contributed by atoms with Crippen LogP contribution in [0.3, 0.4) is 0 Å². The number of nitrogens with zero attached hydrogens (tertiary/aromatic N) is 4. The summed E-state index contributed by atoms with van der Waals surface area (Å²) in [5.41, 5.74) is -3.24. The van der Waals surface area contributed by atoms with E-state index in [-0.39, 0.29) is 16.3 Å². The first-order valence-corrected chi connectivity index (χ1v) is 10.2. The Morgan fingerprint density at radius 1 is 1.12 bits per heavy atom. The van der Waals surface area contributed by atoms with Gasteiger partial charge in [-0.15, -0.1) is 0 Å². The number of ether oxygens (including phenoxy) is 2. The number of fused-ring (bicyclic) bond motifs is 2. The summed E-state index contributed by atoms with van der Waals surface area (Å²) in [6.07, 6.45) is -1.53. The van der Waals surface area contributed by atoms with Crippen LogP contribution in [0.1, 0.15) is 29.7 Å². The molecule has 2 heterocycles. The molecule has 1 N–H and O–H groups in total. The number of nitro benzene ring substituents is 1. The largest absolute Gasteiger partial charge is 0.443 e. The SMILES string of the molecule is Cc1ccc(C23OC(=N)C(C#N)(C2C)C(C#N)(C#N)C(c2cc([N+](=O)[O-])ccc2Cl)O3)cc1. The second kappa shape index (κ2) is 7.28. The fourth-order valence-electron chi connectivity index (χ4n) is 4.78. The molecule has 2 aliphatic rings. The van der Waals surface area contributed by atoms with Gasteiger partial charge in [0.25, 0.3) is 5.69 Å². The summed E-state index contributed by atoms with van der Waals surface area (Å²) in [6, 6.07) is 16.4. The molecule has 0 radical (unpaired) electrons. The Labute approximate surface area is 194 Å². The van der Waals surface area contributed by atoms with Crippen LogP contribution in [0.15, 0.2) is 42.5 Å². The minimum absolute atomic E-state index is 0.00750. The fraction of sp³-hybridized carbons (Fsp3) is 0.304. The van der Waals surface area contributed by atoms with E-state index in [9.17, 15) is 25.9 Å². The third-order valence-electron chi connectivity index (χ3n) is 6.60. The van der Waals surface area contributed by atoms with Crippen molar-refractivity contribution in [1.82, 2.24) is 0 Å². The molecular formula is C23H16ClN5O4. The Balaban J connectivity index is 2.07. The zero-order valence-electron chi connectivity index (χ0n) is 17.5.